The highest BCUT2D eigenvalue weighted by Gasteiger charge is 2.18. The molecule has 4 rings (SSSR count). The zero-order chi connectivity index (χ0) is 19.5. The smallest absolute Gasteiger partial charge is 0.277 e. The molecule has 4 aromatic rings. The van der Waals surface area contributed by atoms with Crippen LogP contribution in [-0.2, 0) is 6.42 Å². The summed E-state index contributed by atoms with van der Waals surface area (Å²) in [6, 6.07) is 21.5. The van der Waals surface area contributed by atoms with Crippen molar-refractivity contribution >= 4 is 11.7 Å². The number of aryl methyl sites for hydroxylation is 1. The van der Waals surface area contributed by atoms with Gasteiger partial charge in [0.2, 0.25) is 0 Å². The third-order valence-electron chi connectivity index (χ3n) is 4.71. The van der Waals surface area contributed by atoms with E-state index in [2.05, 4.69) is 20.6 Å². The Bertz CT molecular complexity index is 1040. The van der Waals surface area contributed by atoms with Gasteiger partial charge >= 0.3 is 0 Å². The molecule has 2 aromatic carbocycles. The second-order valence-corrected chi connectivity index (χ2v) is 6.51. The van der Waals surface area contributed by atoms with Crippen LogP contribution in [0, 0.1) is 6.92 Å². The molecule has 0 atom stereocenters. The molecule has 140 valence electrons. The lowest BCUT2D eigenvalue weighted by Crippen LogP contribution is -2.14. The maximum Gasteiger partial charge on any atom is 0.277 e. The Labute approximate surface area is 163 Å². The number of rotatable bonds is 5. The van der Waals surface area contributed by atoms with E-state index in [9.17, 15) is 4.79 Å². The summed E-state index contributed by atoms with van der Waals surface area (Å²) >= 11 is 0. The summed E-state index contributed by atoms with van der Waals surface area (Å²) in [7, 11) is 0. The first-order valence-electron chi connectivity index (χ1n) is 9.23. The van der Waals surface area contributed by atoms with Crippen molar-refractivity contribution in [3.63, 3.8) is 0 Å². The highest BCUT2D eigenvalue weighted by Crippen LogP contribution is 2.24. The molecule has 2 aromatic heterocycles. The second kappa shape index (κ2) is 7.52. The van der Waals surface area contributed by atoms with Crippen molar-refractivity contribution < 1.29 is 4.79 Å². The Morgan fingerprint density at radius 2 is 1.75 bits per heavy atom. The van der Waals surface area contributed by atoms with Gasteiger partial charge < -0.3 is 5.32 Å². The lowest BCUT2D eigenvalue weighted by molar-refractivity contribution is 0.102. The van der Waals surface area contributed by atoms with E-state index in [4.69, 9.17) is 0 Å². The minimum atomic E-state index is -0.288. The van der Waals surface area contributed by atoms with Gasteiger partial charge in [0.05, 0.1) is 11.4 Å². The van der Waals surface area contributed by atoms with Crippen LogP contribution in [0.3, 0.4) is 0 Å². The number of carbonyl (C=O) groups is 1. The van der Waals surface area contributed by atoms with Crippen molar-refractivity contribution in [2.45, 2.75) is 20.3 Å². The SMILES string of the molecule is CCc1[nH]nc(NC(=O)c2cc(-c3ccccc3)n(-c3ccccc3)n2)c1C. The van der Waals surface area contributed by atoms with E-state index in [1.165, 1.54) is 0 Å². The first-order valence-corrected chi connectivity index (χ1v) is 9.23. The summed E-state index contributed by atoms with van der Waals surface area (Å²) in [5.74, 6) is 0.251. The largest absolute Gasteiger partial charge is 0.303 e. The number of anilines is 1. The van der Waals surface area contributed by atoms with Gasteiger partial charge in [-0.2, -0.15) is 10.2 Å². The third-order valence-corrected chi connectivity index (χ3v) is 4.71. The predicted molar refractivity (Wildman–Crippen MR) is 110 cm³/mol. The molecule has 0 radical (unpaired) electrons. The van der Waals surface area contributed by atoms with Crippen LogP contribution < -0.4 is 5.32 Å². The van der Waals surface area contributed by atoms with Gasteiger partial charge in [0.1, 0.15) is 0 Å². The summed E-state index contributed by atoms with van der Waals surface area (Å²) < 4.78 is 1.79. The maximum atomic E-state index is 12.9. The van der Waals surface area contributed by atoms with Crippen molar-refractivity contribution in [1.82, 2.24) is 20.0 Å². The summed E-state index contributed by atoms with van der Waals surface area (Å²) in [6.07, 6.45) is 0.829. The highest BCUT2D eigenvalue weighted by atomic mass is 16.2. The minimum absolute atomic E-state index is 0.288. The van der Waals surface area contributed by atoms with E-state index in [1.54, 1.807) is 10.7 Å². The molecule has 6 nitrogen and oxygen atoms in total. The zero-order valence-corrected chi connectivity index (χ0v) is 15.8. The van der Waals surface area contributed by atoms with E-state index in [-0.39, 0.29) is 5.91 Å². The monoisotopic (exact) mass is 371 g/mol. The molecule has 0 saturated heterocycles. The lowest BCUT2D eigenvalue weighted by atomic mass is 10.1. The number of hydrogen-bond donors (Lipinski definition) is 2. The average molecular weight is 371 g/mol. The molecule has 2 N–H and O–H groups in total. The van der Waals surface area contributed by atoms with E-state index in [0.717, 1.165) is 34.6 Å². The fourth-order valence-electron chi connectivity index (χ4n) is 3.14. The number of aromatic amines is 1. The summed E-state index contributed by atoms with van der Waals surface area (Å²) in [4.78, 5) is 12.9. The zero-order valence-electron chi connectivity index (χ0n) is 15.8. The van der Waals surface area contributed by atoms with Gasteiger partial charge in [-0.25, -0.2) is 4.68 Å². The highest BCUT2D eigenvalue weighted by molar-refractivity contribution is 6.03. The summed E-state index contributed by atoms with van der Waals surface area (Å²) in [5.41, 5.74) is 5.02. The molecule has 2 heterocycles. The second-order valence-electron chi connectivity index (χ2n) is 6.51. The number of benzene rings is 2. The summed E-state index contributed by atoms with van der Waals surface area (Å²) in [5, 5.41) is 14.6. The van der Waals surface area contributed by atoms with Crippen molar-refractivity contribution in [3.05, 3.63) is 83.7 Å². The van der Waals surface area contributed by atoms with Gasteiger partial charge in [0, 0.05) is 16.8 Å². The first kappa shape index (κ1) is 17.7. The first-order chi connectivity index (χ1) is 13.7. The van der Waals surface area contributed by atoms with Crippen molar-refractivity contribution in [1.29, 1.82) is 0 Å². The van der Waals surface area contributed by atoms with Gasteiger partial charge in [0.25, 0.3) is 5.91 Å². The van der Waals surface area contributed by atoms with E-state index < -0.39 is 0 Å². The minimum Gasteiger partial charge on any atom is -0.303 e. The Morgan fingerprint density at radius 3 is 2.39 bits per heavy atom. The molecule has 1 amide bonds. The molecule has 0 spiro atoms. The molecule has 28 heavy (non-hydrogen) atoms. The maximum absolute atomic E-state index is 12.9. The molecule has 6 heteroatoms. The van der Waals surface area contributed by atoms with Crippen molar-refractivity contribution in [3.8, 4) is 16.9 Å². The standard InChI is InChI=1S/C22H21N5O/c1-3-18-15(2)21(25-24-18)23-22(28)19-14-20(16-10-6-4-7-11-16)27(26-19)17-12-8-5-9-13-17/h4-14H,3H2,1-2H3,(H2,23,24,25,28). The Balaban J connectivity index is 1.72. The van der Waals surface area contributed by atoms with Crippen LogP contribution in [0.5, 0.6) is 0 Å². The van der Waals surface area contributed by atoms with Gasteiger partial charge in [-0.15, -0.1) is 0 Å². The van der Waals surface area contributed by atoms with Crippen LogP contribution in [-0.4, -0.2) is 25.9 Å². The van der Waals surface area contributed by atoms with Gasteiger partial charge in [-0.3, -0.25) is 9.89 Å². The predicted octanol–water partition coefficient (Wildman–Crippen LogP) is 4.39. The third kappa shape index (κ3) is 3.32. The molecule has 0 aliphatic rings. The van der Waals surface area contributed by atoms with Crippen LogP contribution in [0.25, 0.3) is 16.9 Å². The Morgan fingerprint density at radius 1 is 1.07 bits per heavy atom. The van der Waals surface area contributed by atoms with E-state index in [1.807, 2.05) is 74.5 Å². The normalized spacial score (nSPS) is 10.8. The molecule has 0 unspecified atom stereocenters. The van der Waals surface area contributed by atoms with Crippen LogP contribution in [0.1, 0.15) is 28.7 Å². The van der Waals surface area contributed by atoms with E-state index >= 15 is 0 Å². The molecular formula is C22H21N5O. The van der Waals surface area contributed by atoms with Crippen LogP contribution in [0.15, 0.2) is 66.7 Å². The van der Waals surface area contributed by atoms with Gasteiger partial charge in [-0.1, -0.05) is 55.5 Å². The average Bonchev–Trinajstić information content (AvgIpc) is 3.34. The molecule has 0 aliphatic carbocycles. The molecular weight excluding hydrogens is 350 g/mol. The van der Waals surface area contributed by atoms with E-state index in [0.29, 0.717) is 11.5 Å². The number of H-pyrrole nitrogens is 1. The topological polar surface area (TPSA) is 75.6 Å². The molecule has 0 fully saturated rings. The molecule has 0 aliphatic heterocycles. The number of carbonyl (C=O) groups excluding carboxylic acids is 1. The number of nitrogens with zero attached hydrogens (tertiary/aromatic N) is 3. The summed E-state index contributed by atoms with van der Waals surface area (Å²) in [6.45, 7) is 3.98. The fourth-order valence-corrected chi connectivity index (χ4v) is 3.14. The molecule has 0 saturated carbocycles. The van der Waals surface area contributed by atoms with Crippen molar-refractivity contribution in [2.24, 2.45) is 0 Å². The number of hydrogen-bond acceptors (Lipinski definition) is 3. The van der Waals surface area contributed by atoms with Gasteiger partial charge in [0.15, 0.2) is 11.5 Å². The Kier molecular flexibility index (Phi) is 4.76. The quantitative estimate of drug-likeness (QED) is 0.546. The van der Waals surface area contributed by atoms with Crippen LogP contribution in [0.4, 0.5) is 5.82 Å². The number of nitrogens with one attached hydrogen (secondary N) is 2. The lowest BCUT2D eigenvalue weighted by Gasteiger charge is -2.07. The number of aromatic nitrogens is 4. The van der Waals surface area contributed by atoms with Gasteiger partial charge in [-0.05, 0) is 31.5 Å². The van der Waals surface area contributed by atoms with Crippen LogP contribution >= 0.6 is 0 Å². The number of para-hydroxylation sites is 1. The van der Waals surface area contributed by atoms with Crippen molar-refractivity contribution in [2.75, 3.05) is 5.32 Å². The number of amides is 1. The fraction of sp³-hybridized carbons (Fsp3) is 0.136. The van der Waals surface area contributed by atoms with Crippen LogP contribution in [0.2, 0.25) is 0 Å². The molecule has 0 bridgehead atoms. The Hall–Kier alpha value is -3.67.